The Kier molecular flexibility index (Phi) is 3.60. The van der Waals surface area contributed by atoms with Crippen molar-refractivity contribution in [1.82, 2.24) is 20.2 Å². The van der Waals surface area contributed by atoms with E-state index in [1.165, 1.54) is 28.9 Å². The molecule has 0 saturated carbocycles. The highest BCUT2D eigenvalue weighted by Gasteiger charge is 2.14. The minimum absolute atomic E-state index is 0.0422. The maximum atomic E-state index is 9.97. The number of phenols is 3. The van der Waals surface area contributed by atoms with Crippen molar-refractivity contribution in [2.75, 3.05) is 0 Å². The van der Waals surface area contributed by atoms with Crippen LogP contribution in [0.2, 0.25) is 0 Å². The smallest absolute Gasteiger partial charge is 0.219 e. The minimum Gasteiger partial charge on any atom is -0.508 e. The summed E-state index contributed by atoms with van der Waals surface area (Å²) in [4.78, 5) is 0.443. The molecule has 0 aliphatic heterocycles. The number of aromatic nitrogens is 4. The fourth-order valence-corrected chi connectivity index (χ4v) is 2.68. The third-order valence-corrected chi connectivity index (χ3v) is 4.00. The normalized spacial score (nSPS) is 10.8. The number of aryl methyl sites for hydroxylation is 1. The van der Waals surface area contributed by atoms with E-state index in [9.17, 15) is 15.3 Å². The van der Waals surface area contributed by atoms with Gasteiger partial charge in [0.2, 0.25) is 5.16 Å². The molecule has 1 aromatic heterocycles. The Labute approximate surface area is 129 Å². The first-order valence-corrected chi connectivity index (χ1v) is 7.14. The fourth-order valence-electron chi connectivity index (χ4n) is 1.84. The van der Waals surface area contributed by atoms with Crippen LogP contribution in [-0.2, 0) is 0 Å². The molecule has 3 aromatic rings. The molecule has 0 saturated heterocycles. The minimum atomic E-state index is 0.0422. The Morgan fingerprint density at radius 1 is 1.00 bits per heavy atom. The summed E-state index contributed by atoms with van der Waals surface area (Å²) >= 11 is 1.12. The Morgan fingerprint density at radius 3 is 2.45 bits per heavy atom. The average molecular weight is 316 g/mol. The van der Waals surface area contributed by atoms with E-state index < -0.39 is 0 Å². The lowest BCUT2D eigenvalue weighted by atomic mass is 10.2. The standard InChI is InChI=1S/C14H12N4O3S/c1-8-6-12(21)13(7-11(8)20)22-14-15-16-17-18(14)9-2-4-10(19)5-3-9/h2-7,19-21H,1H3. The summed E-state index contributed by atoms with van der Waals surface area (Å²) in [6.07, 6.45) is 0. The highest BCUT2D eigenvalue weighted by Crippen LogP contribution is 2.37. The SMILES string of the molecule is Cc1cc(O)c(Sc2nnnn2-c2ccc(O)cc2)cc1O. The molecule has 22 heavy (non-hydrogen) atoms. The Balaban J connectivity index is 1.96. The van der Waals surface area contributed by atoms with E-state index in [-0.39, 0.29) is 17.2 Å². The van der Waals surface area contributed by atoms with Gasteiger partial charge in [0.05, 0.1) is 10.6 Å². The van der Waals surface area contributed by atoms with Crippen LogP contribution in [0.3, 0.4) is 0 Å². The van der Waals surface area contributed by atoms with Gasteiger partial charge in [-0.1, -0.05) is 0 Å². The molecule has 0 unspecified atom stereocenters. The van der Waals surface area contributed by atoms with Crippen molar-refractivity contribution >= 4 is 11.8 Å². The molecule has 1 heterocycles. The van der Waals surface area contributed by atoms with Crippen molar-refractivity contribution in [1.29, 1.82) is 0 Å². The molecular weight excluding hydrogens is 304 g/mol. The van der Waals surface area contributed by atoms with Gasteiger partial charge in [-0.25, -0.2) is 0 Å². The van der Waals surface area contributed by atoms with Crippen LogP contribution in [-0.4, -0.2) is 35.5 Å². The molecule has 0 aliphatic rings. The van der Waals surface area contributed by atoms with Crippen molar-refractivity contribution in [2.24, 2.45) is 0 Å². The van der Waals surface area contributed by atoms with Crippen LogP contribution < -0.4 is 0 Å². The molecule has 3 N–H and O–H groups in total. The predicted octanol–water partition coefficient (Wildman–Crippen LogP) is 2.24. The zero-order valence-corrected chi connectivity index (χ0v) is 12.3. The summed E-state index contributed by atoms with van der Waals surface area (Å²) < 4.78 is 1.47. The van der Waals surface area contributed by atoms with Gasteiger partial charge in [0.15, 0.2) is 0 Å². The zero-order chi connectivity index (χ0) is 15.7. The number of hydrogen-bond donors (Lipinski definition) is 3. The van der Waals surface area contributed by atoms with Crippen LogP contribution in [0.5, 0.6) is 17.2 Å². The summed E-state index contributed by atoms with van der Waals surface area (Å²) in [7, 11) is 0. The van der Waals surface area contributed by atoms with Gasteiger partial charge < -0.3 is 15.3 Å². The number of hydrogen-bond acceptors (Lipinski definition) is 7. The fraction of sp³-hybridized carbons (Fsp3) is 0.0714. The van der Waals surface area contributed by atoms with Crippen LogP contribution >= 0.6 is 11.8 Å². The molecule has 2 aromatic carbocycles. The van der Waals surface area contributed by atoms with Gasteiger partial charge >= 0.3 is 0 Å². The van der Waals surface area contributed by atoms with E-state index in [2.05, 4.69) is 15.5 Å². The van der Waals surface area contributed by atoms with Gasteiger partial charge in [0, 0.05) is 0 Å². The third-order valence-electron chi connectivity index (χ3n) is 3.01. The van der Waals surface area contributed by atoms with E-state index >= 15 is 0 Å². The van der Waals surface area contributed by atoms with E-state index in [0.717, 1.165) is 11.8 Å². The Hall–Kier alpha value is -2.74. The molecule has 3 rings (SSSR count). The van der Waals surface area contributed by atoms with Crippen molar-refractivity contribution < 1.29 is 15.3 Å². The number of phenolic OH excluding ortho intramolecular Hbond substituents is 3. The van der Waals surface area contributed by atoms with E-state index in [1.54, 1.807) is 19.1 Å². The van der Waals surface area contributed by atoms with E-state index in [4.69, 9.17) is 0 Å². The molecule has 0 bridgehead atoms. The third kappa shape index (κ3) is 2.68. The van der Waals surface area contributed by atoms with Crippen LogP contribution in [0.15, 0.2) is 46.5 Å². The van der Waals surface area contributed by atoms with Crippen LogP contribution in [0.1, 0.15) is 5.56 Å². The summed E-state index contributed by atoms with van der Waals surface area (Å²) in [5.41, 5.74) is 1.25. The molecule has 0 spiro atoms. The number of tetrazole rings is 1. The topological polar surface area (TPSA) is 104 Å². The molecule has 0 atom stereocenters. The van der Waals surface area contributed by atoms with Gasteiger partial charge in [-0.3, -0.25) is 0 Å². The number of benzene rings is 2. The molecule has 8 heteroatoms. The average Bonchev–Trinajstić information content (AvgIpc) is 2.94. The van der Waals surface area contributed by atoms with E-state index in [1.807, 2.05) is 0 Å². The maximum absolute atomic E-state index is 9.97. The lowest BCUT2D eigenvalue weighted by Crippen LogP contribution is -1.98. The number of aromatic hydroxyl groups is 3. The molecule has 0 fully saturated rings. The maximum Gasteiger partial charge on any atom is 0.219 e. The number of nitrogens with zero attached hydrogens (tertiary/aromatic N) is 4. The van der Waals surface area contributed by atoms with Crippen LogP contribution in [0.25, 0.3) is 5.69 Å². The van der Waals surface area contributed by atoms with Crippen molar-refractivity contribution in [3.63, 3.8) is 0 Å². The lowest BCUT2D eigenvalue weighted by molar-refractivity contribution is 0.445. The van der Waals surface area contributed by atoms with Gasteiger partial charge in [-0.05, 0) is 71.1 Å². The molecule has 7 nitrogen and oxygen atoms in total. The summed E-state index contributed by atoms with van der Waals surface area (Å²) in [5, 5.41) is 40.9. The second-order valence-corrected chi connectivity index (χ2v) is 5.61. The largest absolute Gasteiger partial charge is 0.508 e. The van der Waals surface area contributed by atoms with Crippen molar-refractivity contribution in [2.45, 2.75) is 17.0 Å². The zero-order valence-electron chi connectivity index (χ0n) is 11.5. The van der Waals surface area contributed by atoms with Crippen LogP contribution in [0.4, 0.5) is 0 Å². The van der Waals surface area contributed by atoms with Crippen LogP contribution in [0, 0.1) is 6.92 Å². The van der Waals surface area contributed by atoms with E-state index in [0.29, 0.717) is 21.3 Å². The van der Waals surface area contributed by atoms with Crippen molar-refractivity contribution in [3.05, 3.63) is 42.0 Å². The quantitative estimate of drug-likeness (QED) is 0.636. The van der Waals surface area contributed by atoms with Gasteiger partial charge in [0.1, 0.15) is 17.2 Å². The molecule has 0 amide bonds. The summed E-state index contributed by atoms with van der Waals surface area (Å²) in [6, 6.07) is 9.34. The lowest BCUT2D eigenvalue weighted by Gasteiger charge is -2.07. The predicted molar refractivity (Wildman–Crippen MR) is 79.5 cm³/mol. The second-order valence-electron chi connectivity index (χ2n) is 4.60. The second kappa shape index (κ2) is 5.57. The summed E-state index contributed by atoms with van der Waals surface area (Å²) in [5.74, 6) is 0.275. The Bertz CT molecular complexity index is 817. The molecule has 112 valence electrons. The van der Waals surface area contributed by atoms with Gasteiger partial charge in [-0.2, -0.15) is 4.68 Å². The monoisotopic (exact) mass is 316 g/mol. The highest BCUT2D eigenvalue weighted by atomic mass is 32.2. The summed E-state index contributed by atoms with van der Waals surface area (Å²) in [6.45, 7) is 1.70. The molecular formula is C14H12N4O3S. The number of rotatable bonds is 3. The first-order chi connectivity index (χ1) is 10.5. The highest BCUT2D eigenvalue weighted by molar-refractivity contribution is 7.99. The van der Waals surface area contributed by atoms with Gasteiger partial charge in [0.25, 0.3) is 0 Å². The van der Waals surface area contributed by atoms with Gasteiger partial charge in [-0.15, -0.1) is 5.10 Å². The first-order valence-electron chi connectivity index (χ1n) is 6.33. The van der Waals surface area contributed by atoms with Crippen molar-refractivity contribution in [3.8, 4) is 22.9 Å². The molecule has 0 aliphatic carbocycles. The Morgan fingerprint density at radius 2 is 1.73 bits per heavy atom. The molecule has 0 radical (unpaired) electrons. The first kappa shape index (κ1) is 14.2.